The molecule has 4 aromatic rings. The van der Waals surface area contributed by atoms with Crippen molar-refractivity contribution in [2.24, 2.45) is 0 Å². The Labute approximate surface area is 170 Å². The zero-order valence-corrected chi connectivity index (χ0v) is 16.7. The summed E-state index contributed by atoms with van der Waals surface area (Å²) in [4.78, 5) is 25.2. The molecule has 0 radical (unpaired) electrons. The second-order valence-corrected chi connectivity index (χ2v) is 7.44. The van der Waals surface area contributed by atoms with E-state index in [-0.39, 0.29) is 12.2 Å². The van der Waals surface area contributed by atoms with Crippen molar-refractivity contribution in [3.63, 3.8) is 0 Å². The summed E-state index contributed by atoms with van der Waals surface area (Å²) in [6, 6.07) is 14.3. The molecule has 5 nitrogen and oxygen atoms in total. The van der Waals surface area contributed by atoms with E-state index in [4.69, 9.17) is 16.3 Å². The number of halogens is 1. The molecule has 0 fully saturated rings. The Morgan fingerprint density at radius 3 is 2.71 bits per heavy atom. The van der Waals surface area contributed by atoms with Crippen molar-refractivity contribution < 1.29 is 9.53 Å². The topological polar surface area (TPSA) is 53.2 Å². The van der Waals surface area contributed by atoms with Crippen LogP contribution in [0.2, 0.25) is 5.02 Å². The van der Waals surface area contributed by atoms with Crippen LogP contribution in [0.5, 0.6) is 0 Å². The van der Waals surface area contributed by atoms with E-state index in [1.54, 1.807) is 29.7 Å². The van der Waals surface area contributed by atoms with Crippen molar-refractivity contribution in [1.29, 1.82) is 0 Å². The lowest BCUT2D eigenvalue weighted by Crippen LogP contribution is -2.16. The number of fused-ring (bicyclic) bond motifs is 1. The van der Waals surface area contributed by atoms with Crippen molar-refractivity contribution >= 4 is 39.9 Å². The molecular weight excluding hydrogens is 396 g/mol. The summed E-state index contributed by atoms with van der Waals surface area (Å²) in [7, 11) is 0. The first-order valence-electron chi connectivity index (χ1n) is 8.78. The first-order valence-corrected chi connectivity index (χ1v) is 10.1. The van der Waals surface area contributed by atoms with Crippen LogP contribution < -0.4 is 5.56 Å². The second kappa shape index (κ2) is 7.66. The van der Waals surface area contributed by atoms with E-state index in [0.29, 0.717) is 22.8 Å². The second-order valence-electron chi connectivity index (χ2n) is 6.23. The van der Waals surface area contributed by atoms with Crippen LogP contribution in [0, 0.1) is 0 Å². The summed E-state index contributed by atoms with van der Waals surface area (Å²) in [5.41, 5.74) is 3.40. The number of thiophene rings is 1. The van der Waals surface area contributed by atoms with Crippen LogP contribution in [0.25, 0.3) is 16.7 Å². The Kier molecular flexibility index (Phi) is 5.07. The maximum atomic E-state index is 12.6. The Balaban J connectivity index is 1.96. The van der Waals surface area contributed by atoms with Crippen LogP contribution in [-0.2, 0) is 11.3 Å². The van der Waals surface area contributed by atoms with Crippen molar-refractivity contribution in [2.75, 3.05) is 6.61 Å². The number of carbonyl (C=O) groups is 1. The highest BCUT2D eigenvalue weighted by molar-refractivity contribution is 7.08. The van der Waals surface area contributed by atoms with Gasteiger partial charge in [0.15, 0.2) is 0 Å². The van der Waals surface area contributed by atoms with Crippen molar-refractivity contribution in [1.82, 2.24) is 9.13 Å². The predicted octanol–water partition coefficient (Wildman–Crippen LogP) is 4.73. The Hall–Kier alpha value is -2.83. The van der Waals surface area contributed by atoms with E-state index in [0.717, 1.165) is 16.8 Å². The molecule has 0 bridgehead atoms. The van der Waals surface area contributed by atoms with Crippen molar-refractivity contribution in [3.8, 4) is 5.69 Å². The van der Waals surface area contributed by atoms with Gasteiger partial charge < -0.3 is 9.30 Å². The maximum Gasteiger partial charge on any atom is 0.355 e. The molecule has 0 saturated heterocycles. The largest absolute Gasteiger partial charge is 0.461 e. The number of carbonyl (C=O) groups excluding carboxylic acids is 1. The molecule has 28 heavy (non-hydrogen) atoms. The van der Waals surface area contributed by atoms with Crippen LogP contribution in [-0.4, -0.2) is 21.7 Å². The third kappa shape index (κ3) is 3.37. The van der Waals surface area contributed by atoms with E-state index >= 15 is 0 Å². The third-order valence-electron chi connectivity index (χ3n) is 4.44. The molecule has 142 valence electrons. The smallest absolute Gasteiger partial charge is 0.355 e. The minimum absolute atomic E-state index is 0.152. The minimum atomic E-state index is -0.426. The SMILES string of the molecule is CCOC(=O)c1cc2c(ccc(=O)n2-c2ccsc2)n1Cc1cccc(Cl)c1. The average Bonchev–Trinajstić information content (AvgIpc) is 3.30. The molecule has 0 N–H and O–H groups in total. The van der Waals surface area contributed by atoms with Gasteiger partial charge in [0.2, 0.25) is 0 Å². The molecule has 7 heteroatoms. The molecule has 4 rings (SSSR count). The van der Waals surface area contributed by atoms with E-state index in [9.17, 15) is 9.59 Å². The molecule has 0 aliphatic rings. The molecule has 3 heterocycles. The molecule has 0 atom stereocenters. The fraction of sp³-hybridized carbons (Fsp3) is 0.143. The molecule has 0 aliphatic heterocycles. The molecular formula is C21H17ClN2O3S. The Morgan fingerprint density at radius 2 is 2.00 bits per heavy atom. The van der Waals surface area contributed by atoms with Gasteiger partial charge in [0.25, 0.3) is 5.56 Å². The van der Waals surface area contributed by atoms with Crippen LogP contribution >= 0.6 is 22.9 Å². The fourth-order valence-electron chi connectivity index (χ4n) is 3.26. The van der Waals surface area contributed by atoms with Gasteiger partial charge in [-0.25, -0.2) is 4.79 Å². The number of esters is 1. The summed E-state index contributed by atoms with van der Waals surface area (Å²) in [6.45, 7) is 2.47. The summed E-state index contributed by atoms with van der Waals surface area (Å²) >= 11 is 7.63. The number of ether oxygens (including phenoxy) is 1. The highest BCUT2D eigenvalue weighted by Crippen LogP contribution is 2.25. The monoisotopic (exact) mass is 412 g/mol. The summed E-state index contributed by atoms with van der Waals surface area (Å²) in [5, 5.41) is 4.44. The number of pyridine rings is 1. The number of rotatable bonds is 5. The van der Waals surface area contributed by atoms with E-state index in [1.807, 2.05) is 39.6 Å². The van der Waals surface area contributed by atoms with Gasteiger partial charge in [-0.1, -0.05) is 23.7 Å². The minimum Gasteiger partial charge on any atom is -0.461 e. The number of hydrogen-bond acceptors (Lipinski definition) is 4. The Bertz CT molecular complexity index is 1210. The van der Waals surface area contributed by atoms with Crippen LogP contribution in [0.3, 0.4) is 0 Å². The zero-order valence-electron chi connectivity index (χ0n) is 15.1. The molecule has 3 aromatic heterocycles. The van der Waals surface area contributed by atoms with Gasteiger partial charge >= 0.3 is 5.97 Å². The fourth-order valence-corrected chi connectivity index (χ4v) is 4.09. The molecule has 0 unspecified atom stereocenters. The molecule has 0 amide bonds. The van der Waals surface area contributed by atoms with Crippen LogP contribution in [0.15, 0.2) is 64.1 Å². The molecule has 0 spiro atoms. The first kappa shape index (κ1) is 18.5. The van der Waals surface area contributed by atoms with E-state index in [2.05, 4.69) is 0 Å². The number of benzene rings is 1. The van der Waals surface area contributed by atoms with Gasteiger partial charge in [-0.05, 0) is 48.2 Å². The standard InChI is InChI=1S/C21H17ClN2O3S/c1-2-27-21(26)19-11-18-17(23(19)12-14-4-3-5-15(22)10-14)6-7-20(25)24(18)16-8-9-28-13-16/h3-11,13H,2,12H2,1H3. The number of aromatic nitrogens is 2. The Morgan fingerprint density at radius 1 is 1.14 bits per heavy atom. The van der Waals surface area contributed by atoms with Gasteiger partial charge in [0.1, 0.15) is 5.69 Å². The van der Waals surface area contributed by atoms with Gasteiger partial charge in [-0.3, -0.25) is 9.36 Å². The highest BCUT2D eigenvalue weighted by atomic mass is 35.5. The zero-order chi connectivity index (χ0) is 19.7. The summed E-state index contributed by atoms with van der Waals surface area (Å²) in [6.07, 6.45) is 0. The number of nitrogens with zero attached hydrogens (tertiary/aromatic N) is 2. The van der Waals surface area contributed by atoms with Gasteiger partial charge in [0.05, 0.1) is 23.3 Å². The van der Waals surface area contributed by atoms with Gasteiger partial charge in [-0.2, -0.15) is 11.3 Å². The molecule has 0 aliphatic carbocycles. The maximum absolute atomic E-state index is 12.6. The summed E-state index contributed by atoms with van der Waals surface area (Å²) < 4.78 is 8.73. The summed E-state index contributed by atoms with van der Waals surface area (Å²) in [5.74, 6) is -0.426. The van der Waals surface area contributed by atoms with E-state index in [1.165, 1.54) is 17.4 Å². The van der Waals surface area contributed by atoms with Gasteiger partial charge in [0, 0.05) is 23.0 Å². The predicted molar refractivity (Wildman–Crippen MR) is 112 cm³/mol. The molecule has 1 aromatic carbocycles. The quantitative estimate of drug-likeness (QED) is 0.445. The lowest BCUT2D eigenvalue weighted by Gasteiger charge is -2.11. The van der Waals surface area contributed by atoms with Gasteiger partial charge in [-0.15, -0.1) is 0 Å². The van der Waals surface area contributed by atoms with Crippen molar-refractivity contribution in [3.05, 3.63) is 85.9 Å². The van der Waals surface area contributed by atoms with Crippen molar-refractivity contribution in [2.45, 2.75) is 13.5 Å². The molecule has 0 saturated carbocycles. The lowest BCUT2D eigenvalue weighted by molar-refractivity contribution is 0.0515. The number of hydrogen-bond donors (Lipinski definition) is 0. The van der Waals surface area contributed by atoms with E-state index < -0.39 is 5.97 Å². The lowest BCUT2D eigenvalue weighted by atomic mass is 10.2. The van der Waals surface area contributed by atoms with Crippen LogP contribution in [0.4, 0.5) is 0 Å². The third-order valence-corrected chi connectivity index (χ3v) is 5.35. The average molecular weight is 413 g/mol. The highest BCUT2D eigenvalue weighted by Gasteiger charge is 2.20. The van der Waals surface area contributed by atoms with Crippen LogP contribution in [0.1, 0.15) is 23.0 Å². The first-order chi connectivity index (χ1) is 13.6. The normalized spacial score (nSPS) is 11.1.